The van der Waals surface area contributed by atoms with Crippen molar-refractivity contribution in [3.63, 3.8) is 0 Å². The lowest BCUT2D eigenvalue weighted by atomic mass is 10.1. The van der Waals surface area contributed by atoms with Crippen molar-refractivity contribution in [1.29, 1.82) is 0 Å². The van der Waals surface area contributed by atoms with E-state index in [1.54, 1.807) is 53.9 Å². The fourth-order valence-corrected chi connectivity index (χ4v) is 4.94. The normalized spacial score (nSPS) is 11.6. The van der Waals surface area contributed by atoms with E-state index in [1.807, 2.05) is 6.07 Å². The number of benzene rings is 2. The molecule has 0 aliphatic heterocycles. The number of anilines is 2. The van der Waals surface area contributed by atoms with Gasteiger partial charge in [0, 0.05) is 35.1 Å². The number of nitrogens with zero attached hydrogens (tertiary/aromatic N) is 1. The fourth-order valence-electron chi connectivity index (χ4n) is 2.80. The van der Waals surface area contributed by atoms with Crippen LogP contribution in [0.25, 0.3) is 17.3 Å². The molecule has 0 radical (unpaired) electrons. The number of nitrogens with one attached hydrogen (secondary N) is 2. The van der Waals surface area contributed by atoms with E-state index in [2.05, 4.69) is 15.0 Å². The highest BCUT2D eigenvalue weighted by molar-refractivity contribution is 7.93. The van der Waals surface area contributed by atoms with Gasteiger partial charge in [0.1, 0.15) is 0 Å². The van der Waals surface area contributed by atoms with Crippen molar-refractivity contribution < 1.29 is 13.2 Å². The van der Waals surface area contributed by atoms with Gasteiger partial charge in [-0.3, -0.25) is 9.52 Å². The summed E-state index contributed by atoms with van der Waals surface area (Å²) in [6.45, 7) is 1.70. The minimum Gasteiger partial charge on any atom is -0.326 e. The van der Waals surface area contributed by atoms with Crippen LogP contribution in [-0.4, -0.2) is 25.1 Å². The summed E-state index contributed by atoms with van der Waals surface area (Å²) in [7, 11) is -3.62. The number of carbonyl (C=O) groups is 1. The summed E-state index contributed by atoms with van der Waals surface area (Å²) >= 11 is 7.31. The van der Waals surface area contributed by atoms with E-state index in [4.69, 9.17) is 17.3 Å². The molecule has 0 spiro atoms. The van der Waals surface area contributed by atoms with Gasteiger partial charge < -0.3 is 11.1 Å². The number of hydrogen-bond donors (Lipinski definition) is 3. The number of amides is 1. The van der Waals surface area contributed by atoms with E-state index in [0.717, 1.165) is 16.7 Å². The molecule has 4 N–H and O–H groups in total. The summed E-state index contributed by atoms with van der Waals surface area (Å²) < 4.78 is 27.3. The molecule has 10 heteroatoms. The molecular formula is C21H21ClN4O3S2. The van der Waals surface area contributed by atoms with Crippen LogP contribution in [-0.2, 0) is 21.4 Å². The van der Waals surface area contributed by atoms with Gasteiger partial charge in [-0.1, -0.05) is 48.0 Å². The summed E-state index contributed by atoms with van der Waals surface area (Å²) in [5, 5.41) is 5.28. The van der Waals surface area contributed by atoms with Gasteiger partial charge in [-0.25, -0.2) is 13.4 Å². The first-order valence-corrected chi connectivity index (χ1v) is 12.2. The summed E-state index contributed by atoms with van der Waals surface area (Å²) in [4.78, 5) is 15.4. The van der Waals surface area contributed by atoms with E-state index >= 15 is 0 Å². The molecule has 1 amide bonds. The number of carbonyl (C=O) groups excluding carboxylic acids is 1. The van der Waals surface area contributed by atoms with Gasteiger partial charge in [0.2, 0.25) is 15.9 Å². The predicted octanol–water partition coefficient (Wildman–Crippen LogP) is 4.34. The molecule has 0 bridgehead atoms. The van der Waals surface area contributed by atoms with Crippen molar-refractivity contribution in [1.82, 2.24) is 4.98 Å². The zero-order valence-corrected chi connectivity index (χ0v) is 19.0. The van der Waals surface area contributed by atoms with Crippen LogP contribution in [0.15, 0.2) is 53.9 Å². The maximum atomic E-state index is 12.4. The molecular weight excluding hydrogens is 456 g/mol. The molecule has 31 heavy (non-hydrogen) atoms. The highest BCUT2D eigenvalue weighted by Gasteiger charge is 2.12. The Balaban J connectivity index is 1.65. The van der Waals surface area contributed by atoms with Crippen molar-refractivity contribution in [3.8, 4) is 11.3 Å². The zero-order valence-electron chi connectivity index (χ0n) is 16.6. The van der Waals surface area contributed by atoms with Gasteiger partial charge in [-0.2, -0.15) is 0 Å². The van der Waals surface area contributed by atoms with Crippen molar-refractivity contribution in [2.45, 2.75) is 13.5 Å². The lowest BCUT2D eigenvalue weighted by Gasteiger charge is -2.06. The van der Waals surface area contributed by atoms with Gasteiger partial charge in [0.05, 0.1) is 11.4 Å². The van der Waals surface area contributed by atoms with Gasteiger partial charge in [-0.15, -0.1) is 11.3 Å². The van der Waals surface area contributed by atoms with Crippen LogP contribution in [0.2, 0.25) is 5.02 Å². The molecule has 0 unspecified atom stereocenters. The van der Waals surface area contributed by atoms with Crippen molar-refractivity contribution >= 4 is 55.8 Å². The van der Waals surface area contributed by atoms with Gasteiger partial charge in [0.25, 0.3) is 0 Å². The second kappa shape index (κ2) is 10.1. The average molecular weight is 477 g/mol. The van der Waals surface area contributed by atoms with E-state index in [-0.39, 0.29) is 23.3 Å². The first-order valence-electron chi connectivity index (χ1n) is 9.25. The Bertz CT molecular complexity index is 1210. The quantitative estimate of drug-likeness (QED) is 0.447. The third-order valence-electron chi connectivity index (χ3n) is 4.22. The Labute approximate surface area is 190 Å². The third kappa shape index (κ3) is 6.38. The number of sulfonamides is 1. The molecule has 0 atom stereocenters. The van der Waals surface area contributed by atoms with Crippen LogP contribution >= 0.6 is 22.9 Å². The molecule has 0 aliphatic rings. The molecule has 1 heterocycles. The molecule has 3 rings (SSSR count). The number of nitrogens with two attached hydrogens (primary N) is 1. The SMILES string of the molecule is CC(=O)Nc1ccc(-c2csc(NS(=O)(=O)CC=Cc3cccc(Cl)c3CN)n2)cc1. The van der Waals surface area contributed by atoms with E-state index in [1.165, 1.54) is 18.3 Å². The van der Waals surface area contributed by atoms with Crippen LogP contribution < -0.4 is 15.8 Å². The highest BCUT2D eigenvalue weighted by atomic mass is 35.5. The van der Waals surface area contributed by atoms with E-state index < -0.39 is 10.0 Å². The Kier molecular flexibility index (Phi) is 7.45. The summed E-state index contributed by atoms with van der Waals surface area (Å²) in [6.07, 6.45) is 3.24. The highest BCUT2D eigenvalue weighted by Crippen LogP contribution is 2.27. The summed E-state index contributed by atoms with van der Waals surface area (Å²) in [5.74, 6) is -0.370. The topological polar surface area (TPSA) is 114 Å². The summed E-state index contributed by atoms with van der Waals surface area (Å²) in [5.41, 5.74) is 9.39. The van der Waals surface area contributed by atoms with Gasteiger partial charge in [-0.05, 0) is 29.3 Å². The molecule has 2 aromatic carbocycles. The molecule has 3 aromatic rings. The second-order valence-electron chi connectivity index (χ2n) is 6.59. The lowest BCUT2D eigenvalue weighted by Crippen LogP contribution is -2.15. The smallest absolute Gasteiger partial charge is 0.238 e. The molecule has 162 valence electrons. The molecule has 7 nitrogen and oxygen atoms in total. The molecule has 1 aromatic heterocycles. The zero-order chi connectivity index (χ0) is 22.4. The van der Waals surface area contributed by atoms with Gasteiger partial charge in [0.15, 0.2) is 5.13 Å². The van der Waals surface area contributed by atoms with E-state index in [9.17, 15) is 13.2 Å². The molecule has 0 saturated heterocycles. The Morgan fingerprint density at radius 2 is 1.97 bits per heavy atom. The number of thiazole rings is 1. The first-order chi connectivity index (χ1) is 14.8. The minimum atomic E-state index is -3.62. The Hall–Kier alpha value is -2.72. The van der Waals surface area contributed by atoms with Crippen molar-refractivity contribution in [3.05, 3.63) is 70.1 Å². The van der Waals surface area contributed by atoms with Crippen LogP contribution in [0, 0.1) is 0 Å². The number of hydrogen-bond acceptors (Lipinski definition) is 6. The standard InChI is InChI=1S/C21H21ClN4O3S2/c1-14(27)24-17-9-7-16(8-10-17)20-13-30-21(25-20)26-31(28,29)11-3-5-15-4-2-6-19(22)18(15)12-23/h2-10,13H,11-12,23H2,1H3,(H,24,27)(H,25,26). The Morgan fingerprint density at radius 3 is 2.65 bits per heavy atom. The van der Waals surface area contributed by atoms with Crippen molar-refractivity contribution in [2.24, 2.45) is 5.73 Å². The Morgan fingerprint density at radius 1 is 1.23 bits per heavy atom. The second-order valence-corrected chi connectivity index (χ2v) is 9.63. The van der Waals surface area contributed by atoms with Crippen LogP contribution in [0.3, 0.4) is 0 Å². The average Bonchev–Trinajstić information content (AvgIpc) is 3.16. The lowest BCUT2D eigenvalue weighted by molar-refractivity contribution is -0.114. The van der Waals surface area contributed by atoms with Crippen LogP contribution in [0.5, 0.6) is 0 Å². The molecule has 0 aliphatic carbocycles. The molecule has 0 saturated carbocycles. The first kappa shape index (κ1) is 23.0. The maximum Gasteiger partial charge on any atom is 0.238 e. The predicted molar refractivity (Wildman–Crippen MR) is 128 cm³/mol. The maximum absolute atomic E-state index is 12.4. The number of rotatable bonds is 8. The minimum absolute atomic E-state index is 0.151. The third-order valence-corrected chi connectivity index (χ3v) is 6.60. The van der Waals surface area contributed by atoms with Crippen LogP contribution in [0.4, 0.5) is 10.8 Å². The molecule has 0 fully saturated rings. The monoisotopic (exact) mass is 476 g/mol. The fraction of sp³-hybridized carbons (Fsp3) is 0.143. The van der Waals surface area contributed by atoms with Crippen LogP contribution in [0.1, 0.15) is 18.1 Å². The van der Waals surface area contributed by atoms with E-state index in [0.29, 0.717) is 16.4 Å². The van der Waals surface area contributed by atoms with Crippen molar-refractivity contribution in [2.75, 3.05) is 15.8 Å². The number of aromatic nitrogens is 1. The summed E-state index contributed by atoms with van der Waals surface area (Å²) in [6, 6.07) is 12.5. The largest absolute Gasteiger partial charge is 0.326 e. The van der Waals surface area contributed by atoms with Gasteiger partial charge >= 0.3 is 0 Å². The number of halogens is 1.